The minimum atomic E-state index is -2.07. The Morgan fingerprint density at radius 1 is 0.629 bits per heavy atom. The van der Waals surface area contributed by atoms with E-state index in [4.69, 9.17) is 0 Å². The zero-order chi connectivity index (χ0) is 24.5. The highest BCUT2D eigenvalue weighted by molar-refractivity contribution is 6.33. The first-order valence-corrected chi connectivity index (χ1v) is 11.2. The summed E-state index contributed by atoms with van der Waals surface area (Å²) in [5.41, 5.74) is 0.489. The van der Waals surface area contributed by atoms with Crippen LogP contribution in [-0.4, -0.2) is 27.5 Å². The Morgan fingerprint density at radius 2 is 1.06 bits per heavy atom. The minimum Gasteiger partial charge on any atom is -0.368 e. The van der Waals surface area contributed by atoms with Crippen molar-refractivity contribution in [1.82, 2.24) is 0 Å². The Hall–Kier alpha value is -3.91. The van der Waals surface area contributed by atoms with Crippen LogP contribution in [0.5, 0.6) is 0 Å². The van der Waals surface area contributed by atoms with Gasteiger partial charge in [0.05, 0.1) is 5.56 Å². The largest absolute Gasteiger partial charge is 0.788 e. The summed E-state index contributed by atoms with van der Waals surface area (Å²) in [5, 5.41) is 26.7. The van der Waals surface area contributed by atoms with Crippen molar-refractivity contribution < 1.29 is 23.3 Å². The first-order chi connectivity index (χ1) is 17.0. The van der Waals surface area contributed by atoms with Crippen LogP contribution in [-0.2, 0) is 5.54 Å². The van der Waals surface area contributed by atoms with E-state index in [1.54, 1.807) is 0 Å². The zero-order valence-electron chi connectivity index (χ0n) is 18.7. The molecule has 4 nitrogen and oxygen atoms in total. The van der Waals surface area contributed by atoms with Crippen LogP contribution in [0, 0.1) is 11.6 Å². The van der Waals surface area contributed by atoms with Gasteiger partial charge in [-0.3, -0.25) is 0 Å². The van der Waals surface area contributed by atoms with Gasteiger partial charge in [-0.25, -0.2) is 8.78 Å². The molecule has 5 rings (SSSR count). The molecule has 1 aliphatic rings. The third-order valence-electron chi connectivity index (χ3n) is 6.42. The quantitative estimate of drug-likeness (QED) is 0.311. The fourth-order valence-corrected chi connectivity index (χ4v) is 4.95. The molecule has 1 atom stereocenters. The lowest BCUT2D eigenvalue weighted by Gasteiger charge is -2.46. The molecule has 7 heteroatoms. The molecular weight excluding hydrogens is 445 g/mol. The minimum absolute atomic E-state index is 0.0270. The van der Waals surface area contributed by atoms with E-state index >= 15 is 0 Å². The van der Waals surface area contributed by atoms with Gasteiger partial charge in [-0.1, -0.05) is 102 Å². The topological polar surface area (TPSA) is 52.8 Å². The van der Waals surface area contributed by atoms with E-state index in [1.165, 1.54) is 18.3 Å². The Bertz CT molecular complexity index is 1280. The molecule has 1 aliphatic heterocycles. The summed E-state index contributed by atoms with van der Waals surface area (Å²) < 4.78 is 28.7. The second-order valence-electron chi connectivity index (χ2n) is 8.29. The summed E-state index contributed by atoms with van der Waals surface area (Å²) >= 11 is 0. The number of hydrogen-bond acceptors (Lipinski definition) is 3. The number of allylic oxidation sites excluding steroid dienone is 1. The average molecular weight is 467 g/mol. The number of halogens is 2. The Labute approximate surface area is 202 Å². The normalized spacial score (nSPS) is 17.3. The lowest BCUT2D eigenvalue weighted by Crippen LogP contribution is -2.64. The van der Waals surface area contributed by atoms with E-state index in [0.717, 1.165) is 12.1 Å². The predicted molar refractivity (Wildman–Crippen MR) is 132 cm³/mol. The standard InChI is InChI=1S/C28H22BF2N2O2/c30-24-17-10-18-25(31)27(24)26-19-20-33(32-26,29(34)35)28(21-11-4-1-5-12-21,22-13-6-2-7-14-22)23-15-8-3-9-16-23/h1-20,34-35H/q+1. The third-order valence-corrected chi connectivity index (χ3v) is 6.42. The van der Waals surface area contributed by atoms with Crippen molar-refractivity contribution in [2.75, 3.05) is 0 Å². The molecule has 0 fully saturated rings. The second-order valence-corrected chi connectivity index (χ2v) is 8.29. The summed E-state index contributed by atoms with van der Waals surface area (Å²) in [6, 6.07) is 31.6. The molecule has 2 N–H and O–H groups in total. The molecule has 0 aliphatic carbocycles. The fraction of sp³-hybridized carbons (Fsp3) is 0.0357. The first-order valence-electron chi connectivity index (χ1n) is 11.2. The van der Waals surface area contributed by atoms with Crippen LogP contribution in [0.4, 0.5) is 8.78 Å². The van der Waals surface area contributed by atoms with Gasteiger partial charge in [0.2, 0.25) is 0 Å². The highest BCUT2D eigenvalue weighted by atomic mass is 19.1. The first kappa shape index (κ1) is 22.9. The molecule has 1 unspecified atom stereocenters. The summed E-state index contributed by atoms with van der Waals surface area (Å²) in [5.74, 6) is -1.57. The van der Waals surface area contributed by atoms with Crippen LogP contribution in [0.25, 0.3) is 0 Å². The molecule has 1 heterocycles. The Morgan fingerprint density at radius 3 is 1.46 bits per heavy atom. The molecule has 0 radical (unpaired) electrons. The molecular formula is C28H22BF2N2O2+. The number of rotatable bonds is 6. The fourth-order valence-electron chi connectivity index (χ4n) is 4.95. The summed E-state index contributed by atoms with van der Waals surface area (Å²) in [6.07, 6.45) is 2.92. The second kappa shape index (κ2) is 9.04. The van der Waals surface area contributed by atoms with Gasteiger partial charge < -0.3 is 10.0 Å². The zero-order valence-corrected chi connectivity index (χ0v) is 18.7. The van der Waals surface area contributed by atoms with Gasteiger partial charge in [0.15, 0.2) is 5.54 Å². The summed E-state index contributed by atoms with van der Waals surface area (Å²) in [7, 11) is -2.07. The highest BCUT2D eigenvalue weighted by Crippen LogP contribution is 2.50. The van der Waals surface area contributed by atoms with E-state index in [-0.39, 0.29) is 11.3 Å². The van der Waals surface area contributed by atoms with Gasteiger partial charge in [-0.05, 0) is 12.1 Å². The Balaban J connectivity index is 1.91. The van der Waals surface area contributed by atoms with Crippen LogP contribution in [0.3, 0.4) is 0 Å². The molecule has 0 aromatic heterocycles. The maximum atomic E-state index is 14.7. The monoisotopic (exact) mass is 467 g/mol. The van der Waals surface area contributed by atoms with Gasteiger partial charge in [-0.15, -0.1) is 0 Å². The van der Waals surface area contributed by atoms with Crippen molar-refractivity contribution in [3.63, 3.8) is 0 Å². The molecule has 0 bridgehead atoms. The van der Waals surface area contributed by atoms with Gasteiger partial charge in [-0.2, -0.15) is 4.50 Å². The van der Waals surface area contributed by atoms with Gasteiger partial charge in [0, 0.05) is 22.8 Å². The number of hydrogen-bond donors (Lipinski definition) is 2. The molecule has 35 heavy (non-hydrogen) atoms. The molecule has 0 saturated heterocycles. The maximum absolute atomic E-state index is 14.7. The van der Waals surface area contributed by atoms with Crippen LogP contribution >= 0.6 is 0 Å². The van der Waals surface area contributed by atoms with Crippen molar-refractivity contribution in [3.05, 3.63) is 155 Å². The van der Waals surface area contributed by atoms with Crippen molar-refractivity contribution in [3.8, 4) is 0 Å². The van der Waals surface area contributed by atoms with E-state index in [0.29, 0.717) is 16.7 Å². The van der Waals surface area contributed by atoms with E-state index in [9.17, 15) is 18.8 Å². The van der Waals surface area contributed by atoms with Crippen molar-refractivity contribution in [2.24, 2.45) is 5.10 Å². The number of quaternary nitrogens is 1. The maximum Gasteiger partial charge on any atom is 0.788 e. The molecule has 0 saturated carbocycles. The molecule has 4 aromatic rings. The van der Waals surface area contributed by atoms with Gasteiger partial charge in [0.1, 0.15) is 23.5 Å². The number of nitrogens with zero attached hydrogens (tertiary/aromatic N) is 2. The van der Waals surface area contributed by atoms with Crippen molar-refractivity contribution in [2.45, 2.75) is 5.54 Å². The summed E-state index contributed by atoms with van der Waals surface area (Å²) in [4.78, 5) is 0. The Kier molecular flexibility index (Phi) is 5.90. The lowest BCUT2D eigenvalue weighted by atomic mass is 9.71. The molecule has 172 valence electrons. The summed E-state index contributed by atoms with van der Waals surface area (Å²) in [6.45, 7) is 0. The van der Waals surface area contributed by atoms with Crippen LogP contribution in [0.2, 0.25) is 0 Å². The predicted octanol–water partition coefficient (Wildman–Crippen LogP) is 4.97. The smallest absolute Gasteiger partial charge is 0.368 e. The van der Waals surface area contributed by atoms with Crippen molar-refractivity contribution in [1.29, 1.82) is 0 Å². The van der Waals surface area contributed by atoms with Gasteiger partial charge in [0.25, 0.3) is 0 Å². The van der Waals surface area contributed by atoms with E-state index in [1.807, 2.05) is 91.0 Å². The highest BCUT2D eigenvalue weighted by Gasteiger charge is 2.64. The van der Waals surface area contributed by atoms with Crippen molar-refractivity contribution >= 4 is 13.0 Å². The SMILES string of the molecule is OB(O)[N+]1(C(c2ccccc2)(c2ccccc2)c2ccccc2)C=CC(c2c(F)cccc2F)=N1. The molecule has 4 aromatic carbocycles. The van der Waals surface area contributed by atoms with Crippen LogP contribution in [0.15, 0.2) is 127 Å². The molecule has 0 amide bonds. The number of benzene rings is 4. The van der Waals surface area contributed by atoms with Crippen LogP contribution in [0.1, 0.15) is 22.3 Å². The van der Waals surface area contributed by atoms with Crippen LogP contribution < -0.4 is 0 Å². The molecule has 0 spiro atoms. The average Bonchev–Trinajstić information content (AvgIpc) is 3.33. The van der Waals surface area contributed by atoms with E-state index in [2.05, 4.69) is 5.10 Å². The van der Waals surface area contributed by atoms with E-state index < -0.39 is 28.9 Å². The van der Waals surface area contributed by atoms with Gasteiger partial charge >= 0.3 is 7.25 Å². The third kappa shape index (κ3) is 3.52. The lowest BCUT2D eigenvalue weighted by molar-refractivity contribution is -0.845.